The molecule has 0 heterocycles. The molecule has 0 N–H and O–H groups in total. The lowest BCUT2D eigenvalue weighted by Crippen LogP contribution is -2.12. The molecule has 0 aliphatic heterocycles. The van der Waals surface area contributed by atoms with Crippen molar-refractivity contribution in [1.29, 1.82) is 0 Å². The third-order valence-corrected chi connectivity index (χ3v) is 4.49. The molecule has 1 aliphatic carbocycles. The Morgan fingerprint density at radius 1 is 0.895 bits per heavy atom. The highest BCUT2D eigenvalue weighted by atomic mass is 14.2. The Kier molecular flexibility index (Phi) is 9.85. The second-order valence-electron chi connectivity index (χ2n) is 6.20. The maximum absolute atomic E-state index is 2.43. The van der Waals surface area contributed by atoms with Crippen molar-refractivity contribution in [3.63, 3.8) is 0 Å². The van der Waals surface area contributed by atoms with E-state index in [1.807, 2.05) is 0 Å². The molecule has 0 bridgehead atoms. The van der Waals surface area contributed by atoms with Gasteiger partial charge in [0.1, 0.15) is 0 Å². The zero-order valence-corrected chi connectivity index (χ0v) is 13.2. The standard InChI is InChI=1S/C19H34/c1-3-5-6-7-8-9-10-11-13-19-16-14-18(12-4-2)15-17-19/h4,9-10,12,18-19H,3,5-8,11,13-17H2,1-2H3/b10-9+,12-4+. The van der Waals surface area contributed by atoms with Crippen LogP contribution in [0.4, 0.5) is 0 Å². The number of unbranched alkanes of at least 4 members (excludes halogenated alkanes) is 4. The lowest BCUT2D eigenvalue weighted by atomic mass is 9.80. The summed E-state index contributed by atoms with van der Waals surface area (Å²) in [5.41, 5.74) is 0. The van der Waals surface area contributed by atoms with E-state index in [9.17, 15) is 0 Å². The lowest BCUT2D eigenvalue weighted by Gasteiger charge is -2.26. The maximum Gasteiger partial charge on any atom is -0.0233 e. The molecule has 0 aromatic carbocycles. The van der Waals surface area contributed by atoms with E-state index in [-0.39, 0.29) is 0 Å². The molecule has 1 rings (SSSR count). The molecule has 0 nitrogen and oxygen atoms in total. The van der Waals surface area contributed by atoms with Gasteiger partial charge in [0.25, 0.3) is 0 Å². The van der Waals surface area contributed by atoms with E-state index in [0.717, 1.165) is 11.8 Å². The van der Waals surface area contributed by atoms with Gasteiger partial charge in [0, 0.05) is 0 Å². The molecule has 0 amide bonds. The zero-order valence-electron chi connectivity index (χ0n) is 13.2. The third-order valence-electron chi connectivity index (χ3n) is 4.49. The van der Waals surface area contributed by atoms with Gasteiger partial charge in [0.05, 0.1) is 0 Å². The summed E-state index contributed by atoms with van der Waals surface area (Å²) in [6.07, 6.45) is 24.8. The van der Waals surface area contributed by atoms with Crippen molar-refractivity contribution in [2.75, 3.05) is 0 Å². The largest absolute Gasteiger partial charge is 0.0914 e. The Morgan fingerprint density at radius 2 is 1.63 bits per heavy atom. The van der Waals surface area contributed by atoms with Gasteiger partial charge in [-0.1, -0.05) is 50.5 Å². The number of hydrogen-bond donors (Lipinski definition) is 0. The van der Waals surface area contributed by atoms with Crippen molar-refractivity contribution in [2.24, 2.45) is 11.8 Å². The zero-order chi connectivity index (χ0) is 13.8. The second-order valence-corrected chi connectivity index (χ2v) is 6.20. The predicted molar refractivity (Wildman–Crippen MR) is 87.4 cm³/mol. The summed E-state index contributed by atoms with van der Waals surface area (Å²) in [6, 6.07) is 0. The summed E-state index contributed by atoms with van der Waals surface area (Å²) < 4.78 is 0. The molecule has 0 atom stereocenters. The van der Waals surface area contributed by atoms with Crippen LogP contribution in [0.15, 0.2) is 24.3 Å². The Bertz CT molecular complexity index is 241. The molecule has 0 aromatic rings. The fourth-order valence-electron chi connectivity index (χ4n) is 3.20. The molecule has 0 radical (unpaired) electrons. The van der Waals surface area contributed by atoms with Crippen molar-refractivity contribution in [3.05, 3.63) is 24.3 Å². The van der Waals surface area contributed by atoms with Gasteiger partial charge in [0.15, 0.2) is 0 Å². The monoisotopic (exact) mass is 262 g/mol. The van der Waals surface area contributed by atoms with Crippen LogP contribution in [0.5, 0.6) is 0 Å². The van der Waals surface area contributed by atoms with Crippen LogP contribution in [0, 0.1) is 11.8 Å². The fourth-order valence-corrected chi connectivity index (χ4v) is 3.20. The van der Waals surface area contributed by atoms with Gasteiger partial charge in [-0.05, 0) is 70.1 Å². The van der Waals surface area contributed by atoms with E-state index >= 15 is 0 Å². The molecule has 0 spiro atoms. The van der Waals surface area contributed by atoms with Crippen LogP contribution in [0.1, 0.15) is 84.5 Å². The first-order valence-corrected chi connectivity index (χ1v) is 8.64. The van der Waals surface area contributed by atoms with Gasteiger partial charge in [-0.25, -0.2) is 0 Å². The molecular formula is C19H34. The molecule has 0 saturated heterocycles. The van der Waals surface area contributed by atoms with Gasteiger partial charge in [-0.3, -0.25) is 0 Å². The minimum Gasteiger partial charge on any atom is -0.0914 e. The summed E-state index contributed by atoms with van der Waals surface area (Å²) in [6.45, 7) is 4.43. The van der Waals surface area contributed by atoms with Crippen LogP contribution < -0.4 is 0 Å². The number of rotatable bonds is 9. The molecule has 1 aliphatic rings. The van der Waals surface area contributed by atoms with Crippen molar-refractivity contribution >= 4 is 0 Å². The first-order valence-electron chi connectivity index (χ1n) is 8.64. The van der Waals surface area contributed by atoms with Crippen LogP contribution in [0.3, 0.4) is 0 Å². The number of allylic oxidation sites excluding steroid dienone is 4. The lowest BCUT2D eigenvalue weighted by molar-refractivity contribution is 0.297. The van der Waals surface area contributed by atoms with E-state index in [4.69, 9.17) is 0 Å². The summed E-state index contributed by atoms with van der Waals surface area (Å²) in [5, 5.41) is 0. The number of hydrogen-bond acceptors (Lipinski definition) is 0. The van der Waals surface area contributed by atoms with Crippen LogP contribution in [0.2, 0.25) is 0 Å². The van der Waals surface area contributed by atoms with Gasteiger partial charge in [-0.15, -0.1) is 0 Å². The first kappa shape index (κ1) is 16.5. The van der Waals surface area contributed by atoms with Crippen molar-refractivity contribution < 1.29 is 0 Å². The van der Waals surface area contributed by atoms with Crippen molar-refractivity contribution in [3.8, 4) is 0 Å². The van der Waals surface area contributed by atoms with Gasteiger partial charge < -0.3 is 0 Å². The molecule has 19 heavy (non-hydrogen) atoms. The van der Waals surface area contributed by atoms with E-state index in [2.05, 4.69) is 38.2 Å². The van der Waals surface area contributed by atoms with Crippen molar-refractivity contribution in [2.45, 2.75) is 84.5 Å². The van der Waals surface area contributed by atoms with Gasteiger partial charge in [-0.2, -0.15) is 0 Å². The van der Waals surface area contributed by atoms with Crippen LogP contribution >= 0.6 is 0 Å². The highest BCUT2D eigenvalue weighted by molar-refractivity contribution is 4.89. The van der Waals surface area contributed by atoms with E-state index < -0.39 is 0 Å². The van der Waals surface area contributed by atoms with Crippen molar-refractivity contribution in [1.82, 2.24) is 0 Å². The third kappa shape index (κ3) is 8.29. The second kappa shape index (κ2) is 11.3. The maximum atomic E-state index is 2.43. The minimum absolute atomic E-state index is 0.885. The predicted octanol–water partition coefficient (Wildman–Crippen LogP) is 6.68. The molecule has 0 unspecified atom stereocenters. The van der Waals surface area contributed by atoms with E-state index in [1.165, 1.54) is 70.6 Å². The molecule has 0 aromatic heterocycles. The molecule has 1 saturated carbocycles. The van der Waals surface area contributed by atoms with E-state index in [0.29, 0.717) is 0 Å². The van der Waals surface area contributed by atoms with Crippen LogP contribution in [-0.4, -0.2) is 0 Å². The molecule has 0 heteroatoms. The van der Waals surface area contributed by atoms with Gasteiger partial charge in [0.2, 0.25) is 0 Å². The molecular weight excluding hydrogens is 228 g/mol. The average Bonchev–Trinajstić information content (AvgIpc) is 2.44. The smallest absolute Gasteiger partial charge is 0.0233 e. The Morgan fingerprint density at radius 3 is 2.32 bits per heavy atom. The highest BCUT2D eigenvalue weighted by Gasteiger charge is 2.18. The normalized spacial score (nSPS) is 24.5. The Hall–Kier alpha value is -0.520. The van der Waals surface area contributed by atoms with Crippen LogP contribution in [-0.2, 0) is 0 Å². The quantitative estimate of drug-likeness (QED) is 0.321. The SMILES string of the molecule is C/C=C/C1CCC(CC/C=C/CCCCCC)CC1. The fraction of sp³-hybridized carbons (Fsp3) is 0.789. The molecule has 110 valence electrons. The summed E-state index contributed by atoms with van der Waals surface area (Å²) in [7, 11) is 0. The van der Waals surface area contributed by atoms with E-state index in [1.54, 1.807) is 0 Å². The topological polar surface area (TPSA) is 0 Å². The highest BCUT2D eigenvalue weighted by Crippen LogP contribution is 2.32. The van der Waals surface area contributed by atoms with Gasteiger partial charge >= 0.3 is 0 Å². The minimum atomic E-state index is 0.885. The average molecular weight is 262 g/mol. The summed E-state index contributed by atoms with van der Waals surface area (Å²) in [5.74, 6) is 1.89. The Labute approximate surface area is 121 Å². The Balaban J connectivity index is 1.97. The molecule has 1 fully saturated rings. The first-order chi connectivity index (χ1) is 9.36. The summed E-state index contributed by atoms with van der Waals surface area (Å²) >= 11 is 0. The summed E-state index contributed by atoms with van der Waals surface area (Å²) in [4.78, 5) is 0. The van der Waals surface area contributed by atoms with Crippen LogP contribution in [0.25, 0.3) is 0 Å².